The lowest BCUT2D eigenvalue weighted by Gasteiger charge is -1.98. The molecule has 56 valence electrons. The summed E-state index contributed by atoms with van der Waals surface area (Å²) < 4.78 is 0. The molecule has 1 aromatic rings. The second-order valence-electron chi connectivity index (χ2n) is 2.39. The van der Waals surface area contributed by atoms with Crippen molar-refractivity contribution in [2.45, 2.75) is 12.8 Å². The van der Waals surface area contributed by atoms with Gasteiger partial charge in [-0.1, -0.05) is 12.1 Å². The second-order valence-corrected chi connectivity index (χ2v) is 2.66. The van der Waals surface area contributed by atoms with Crippen LogP contribution in [0.3, 0.4) is 0 Å². The summed E-state index contributed by atoms with van der Waals surface area (Å²) in [7, 11) is 0. The summed E-state index contributed by atoms with van der Waals surface area (Å²) in [5.74, 6) is 0.506. The maximum atomic E-state index is 8.60. The lowest BCUT2D eigenvalue weighted by Crippen LogP contribution is -1.84. The van der Waals surface area contributed by atoms with Gasteiger partial charge in [0.05, 0.1) is 11.6 Å². The molecule has 0 atom stereocenters. The van der Waals surface area contributed by atoms with Gasteiger partial charge in [-0.05, 0) is 24.1 Å². The molecule has 0 bridgehead atoms. The summed E-state index contributed by atoms with van der Waals surface area (Å²) >= 11 is 5.61. The zero-order valence-corrected chi connectivity index (χ0v) is 7.02. The number of nitrogens with zero attached hydrogens (tertiary/aromatic N) is 1. The Labute approximate surface area is 71.2 Å². The van der Waals surface area contributed by atoms with Gasteiger partial charge in [0, 0.05) is 5.88 Å². The number of hydrogen-bond acceptors (Lipinski definition) is 1. The van der Waals surface area contributed by atoms with Crippen molar-refractivity contribution in [3.05, 3.63) is 34.9 Å². The van der Waals surface area contributed by atoms with Gasteiger partial charge < -0.3 is 0 Å². The molecule has 0 aliphatic rings. The van der Waals surface area contributed by atoms with E-state index in [1.807, 2.05) is 19.1 Å². The van der Waals surface area contributed by atoms with E-state index in [1.54, 1.807) is 6.07 Å². The van der Waals surface area contributed by atoms with Crippen molar-refractivity contribution < 1.29 is 0 Å². The molecule has 0 radical (unpaired) electrons. The minimum Gasteiger partial charge on any atom is -0.192 e. The predicted molar refractivity (Wildman–Crippen MR) is 45.5 cm³/mol. The van der Waals surface area contributed by atoms with Gasteiger partial charge in [0.15, 0.2) is 0 Å². The topological polar surface area (TPSA) is 23.8 Å². The molecule has 0 saturated carbocycles. The van der Waals surface area contributed by atoms with E-state index in [9.17, 15) is 0 Å². The van der Waals surface area contributed by atoms with E-state index in [4.69, 9.17) is 16.9 Å². The zero-order chi connectivity index (χ0) is 8.27. The summed E-state index contributed by atoms with van der Waals surface area (Å²) in [5.41, 5.74) is 2.77. The number of nitriles is 1. The smallest absolute Gasteiger partial charge is 0.0994 e. The molecule has 0 unspecified atom stereocenters. The van der Waals surface area contributed by atoms with Gasteiger partial charge in [0.2, 0.25) is 0 Å². The lowest BCUT2D eigenvalue weighted by atomic mass is 10.1. The minimum absolute atomic E-state index is 0.506. The monoisotopic (exact) mass is 165 g/mol. The van der Waals surface area contributed by atoms with Crippen LogP contribution in [0.15, 0.2) is 18.2 Å². The average molecular weight is 166 g/mol. The Balaban J connectivity index is 3.12. The van der Waals surface area contributed by atoms with Gasteiger partial charge >= 0.3 is 0 Å². The van der Waals surface area contributed by atoms with Crippen LogP contribution in [0.1, 0.15) is 16.7 Å². The molecule has 0 saturated heterocycles. The van der Waals surface area contributed by atoms with Crippen molar-refractivity contribution in [1.82, 2.24) is 0 Å². The first-order valence-electron chi connectivity index (χ1n) is 3.33. The Kier molecular flexibility index (Phi) is 2.51. The van der Waals surface area contributed by atoms with Gasteiger partial charge in [-0.3, -0.25) is 0 Å². The van der Waals surface area contributed by atoms with Gasteiger partial charge in [0.25, 0.3) is 0 Å². The molecule has 0 amide bonds. The third-order valence-electron chi connectivity index (χ3n) is 1.57. The summed E-state index contributed by atoms with van der Waals surface area (Å²) in [4.78, 5) is 0. The molecular formula is C9H8ClN. The van der Waals surface area contributed by atoms with Crippen LogP contribution in [0.25, 0.3) is 0 Å². The van der Waals surface area contributed by atoms with Crippen molar-refractivity contribution in [1.29, 1.82) is 5.26 Å². The van der Waals surface area contributed by atoms with Crippen molar-refractivity contribution in [2.75, 3.05) is 0 Å². The first-order valence-corrected chi connectivity index (χ1v) is 3.87. The Morgan fingerprint density at radius 1 is 1.55 bits per heavy atom. The standard InChI is InChI=1S/C9H8ClN/c1-7-4-8(5-10)2-3-9(7)6-11/h2-4H,5H2,1H3. The van der Waals surface area contributed by atoms with Gasteiger partial charge in [-0.15, -0.1) is 11.6 Å². The predicted octanol–water partition coefficient (Wildman–Crippen LogP) is 2.61. The first kappa shape index (κ1) is 8.10. The van der Waals surface area contributed by atoms with Crippen LogP contribution in [0.5, 0.6) is 0 Å². The van der Waals surface area contributed by atoms with Crippen LogP contribution in [-0.2, 0) is 5.88 Å². The molecule has 0 N–H and O–H groups in total. The number of alkyl halides is 1. The quantitative estimate of drug-likeness (QED) is 0.587. The average Bonchev–Trinajstić information content (AvgIpc) is 2.04. The largest absolute Gasteiger partial charge is 0.192 e. The Morgan fingerprint density at radius 3 is 2.73 bits per heavy atom. The fourth-order valence-corrected chi connectivity index (χ4v) is 1.10. The number of benzene rings is 1. The molecule has 1 aromatic carbocycles. The van der Waals surface area contributed by atoms with Crippen LogP contribution in [0.4, 0.5) is 0 Å². The van der Waals surface area contributed by atoms with Crippen LogP contribution in [0.2, 0.25) is 0 Å². The molecule has 0 spiro atoms. The first-order chi connectivity index (χ1) is 5.27. The molecule has 0 aliphatic carbocycles. The second kappa shape index (κ2) is 3.41. The molecule has 0 fully saturated rings. The maximum absolute atomic E-state index is 8.60. The number of aryl methyl sites for hydroxylation is 1. The van der Waals surface area contributed by atoms with Gasteiger partial charge in [-0.25, -0.2) is 0 Å². The Hall–Kier alpha value is -1.00. The van der Waals surface area contributed by atoms with Crippen molar-refractivity contribution in [3.8, 4) is 6.07 Å². The Morgan fingerprint density at radius 2 is 2.27 bits per heavy atom. The number of hydrogen-bond donors (Lipinski definition) is 0. The van der Waals surface area contributed by atoms with Crippen molar-refractivity contribution in [2.24, 2.45) is 0 Å². The highest BCUT2D eigenvalue weighted by molar-refractivity contribution is 6.17. The fourth-order valence-electron chi connectivity index (χ4n) is 0.934. The minimum atomic E-state index is 0.506. The molecule has 2 heteroatoms. The lowest BCUT2D eigenvalue weighted by molar-refractivity contribution is 1.32. The number of rotatable bonds is 1. The van der Waals surface area contributed by atoms with E-state index in [0.717, 1.165) is 16.7 Å². The molecular weight excluding hydrogens is 158 g/mol. The molecule has 1 rings (SSSR count). The highest BCUT2D eigenvalue weighted by atomic mass is 35.5. The SMILES string of the molecule is Cc1cc(CCl)ccc1C#N. The van der Waals surface area contributed by atoms with Gasteiger partial charge in [-0.2, -0.15) is 5.26 Å². The maximum Gasteiger partial charge on any atom is 0.0994 e. The van der Waals surface area contributed by atoms with E-state index < -0.39 is 0 Å². The van der Waals surface area contributed by atoms with Crippen LogP contribution in [0, 0.1) is 18.3 Å². The van der Waals surface area contributed by atoms with Crippen molar-refractivity contribution in [3.63, 3.8) is 0 Å². The molecule has 0 heterocycles. The number of halogens is 1. The van der Waals surface area contributed by atoms with E-state index in [0.29, 0.717) is 5.88 Å². The summed E-state index contributed by atoms with van der Waals surface area (Å²) in [6, 6.07) is 7.71. The van der Waals surface area contributed by atoms with E-state index in [1.165, 1.54) is 0 Å². The van der Waals surface area contributed by atoms with Crippen LogP contribution >= 0.6 is 11.6 Å². The summed E-state index contributed by atoms with van der Waals surface area (Å²) in [5, 5.41) is 8.60. The van der Waals surface area contributed by atoms with E-state index >= 15 is 0 Å². The summed E-state index contributed by atoms with van der Waals surface area (Å²) in [6.45, 7) is 1.91. The zero-order valence-electron chi connectivity index (χ0n) is 6.26. The summed E-state index contributed by atoms with van der Waals surface area (Å²) in [6.07, 6.45) is 0. The molecule has 1 nitrogen and oxygen atoms in total. The fraction of sp³-hybridized carbons (Fsp3) is 0.222. The third-order valence-corrected chi connectivity index (χ3v) is 1.87. The molecule has 0 aliphatic heterocycles. The molecule has 11 heavy (non-hydrogen) atoms. The van der Waals surface area contributed by atoms with Crippen molar-refractivity contribution >= 4 is 11.6 Å². The Bertz CT molecular complexity index is 299. The normalized spacial score (nSPS) is 9.18. The highest BCUT2D eigenvalue weighted by Crippen LogP contribution is 2.11. The highest BCUT2D eigenvalue weighted by Gasteiger charge is 1.96. The third kappa shape index (κ3) is 1.72. The van der Waals surface area contributed by atoms with Crippen LogP contribution in [-0.4, -0.2) is 0 Å². The molecule has 0 aromatic heterocycles. The van der Waals surface area contributed by atoms with Crippen LogP contribution < -0.4 is 0 Å². The van der Waals surface area contributed by atoms with E-state index in [2.05, 4.69) is 6.07 Å². The van der Waals surface area contributed by atoms with Gasteiger partial charge in [0.1, 0.15) is 0 Å². The van der Waals surface area contributed by atoms with E-state index in [-0.39, 0.29) is 0 Å².